The number of methoxy groups -OCH3 is 1. The van der Waals surface area contributed by atoms with Crippen molar-refractivity contribution in [1.82, 2.24) is 14.5 Å². The summed E-state index contributed by atoms with van der Waals surface area (Å²) in [5, 5.41) is 4.96. The number of carbonyl (C=O) groups is 4. The molecule has 0 unspecified atom stereocenters. The standard InChI is InChI=1S/C22H26N4O8S2/c1-5-34-22(30)26-11-10-15-16(12-26)35-20(17(15)19(28)24-21(29)33-4)23-18(27)13-6-8-14(9-7-13)36(31,32)25(2)3/h6-9H,5,10-12H2,1-4H3,(H,23,27)(H,24,28,29). The van der Waals surface area contributed by atoms with E-state index in [1.807, 2.05) is 0 Å². The fourth-order valence-electron chi connectivity index (χ4n) is 3.47. The van der Waals surface area contributed by atoms with Gasteiger partial charge in [0.25, 0.3) is 11.8 Å². The van der Waals surface area contributed by atoms with Gasteiger partial charge in [-0.3, -0.25) is 14.9 Å². The number of nitrogens with one attached hydrogen (secondary N) is 2. The Kier molecular flexibility index (Phi) is 8.32. The van der Waals surface area contributed by atoms with Crippen LogP contribution >= 0.6 is 11.3 Å². The average molecular weight is 539 g/mol. The molecule has 0 spiro atoms. The number of alkyl carbamates (subject to hydrolysis) is 1. The predicted octanol–water partition coefficient (Wildman–Crippen LogP) is 2.26. The maximum absolute atomic E-state index is 13.0. The summed E-state index contributed by atoms with van der Waals surface area (Å²) in [4.78, 5) is 51.8. The Morgan fingerprint density at radius 2 is 1.78 bits per heavy atom. The lowest BCUT2D eigenvalue weighted by Crippen LogP contribution is -2.37. The molecule has 0 aliphatic carbocycles. The molecule has 1 aromatic heterocycles. The van der Waals surface area contributed by atoms with Crippen molar-refractivity contribution in [2.45, 2.75) is 24.8 Å². The molecular formula is C22H26N4O8S2. The fourth-order valence-corrected chi connectivity index (χ4v) is 5.63. The molecule has 1 aromatic carbocycles. The number of rotatable bonds is 6. The predicted molar refractivity (Wildman–Crippen MR) is 131 cm³/mol. The van der Waals surface area contributed by atoms with Crippen molar-refractivity contribution >= 4 is 50.4 Å². The first-order valence-electron chi connectivity index (χ1n) is 10.8. The van der Waals surface area contributed by atoms with Crippen LogP contribution in [-0.4, -0.2) is 76.0 Å². The number of amides is 4. The van der Waals surface area contributed by atoms with Gasteiger partial charge in [-0.1, -0.05) is 0 Å². The second kappa shape index (κ2) is 11.1. The molecule has 1 aliphatic rings. The molecule has 0 bridgehead atoms. The number of fused-ring (bicyclic) bond motifs is 1. The molecule has 12 nitrogen and oxygen atoms in total. The van der Waals surface area contributed by atoms with Gasteiger partial charge in [0.1, 0.15) is 5.00 Å². The molecule has 4 amide bonds. The van der Waals surface area contributed by atoms with Gasteiger partial charge in [-0.2, -0.15) is 0 Å². The summed E-state index contributed by atoms with van der Waals surface area (Å²) in [6, 6.07) is 5.34. The van der Waals surface area contributed by atoms with Crippen molar-refractivity contribution in [2.75, 3.05) is 39.7 Å². The normalized spacial score (nSPS) is 13.1. The molecule has 2 N–H and O–H groups in total. The summed E-state index contributed by atoms with van der Waals surface area (Å²) in [5.74, 6) is -1.34. The zero-order valence-electron chi connectivity index (χ0n) is 20.1. The van der Waals surface area contributed by atoms with E-state index in [4.69, 9.17) is 4.74 Å². The lowest BCUT2D eigenvalue weighted by atomic mass is 10.0. The Morgan fingerprint density at radius 3 is 2.36 bits per heavy atom. The quantitative estimate of drug-likeness (QED) is 0.568. The second-order valence-electron chi connectivity index (χ2n) is 7.79. The molecule has 1 aliphatic heterocycles. The van der Waals surface area contributed by atoms with Crippen LogP contribution in [0, 0.1) is 0 Å². The van der Waals surface area contributed by atoms with Crippen LogP contribution in [0.25, 0.3) is 0 Å². The largest absolute Gasteiger partial charge is 0.453 e. The lowest BCUT2D eigenvalue weighted by Gasteiger charge is -2.26. The van der Waals surface area contributed by atoms with Gasteiger partial charge < -0.3 is 19.7 Å². The second-order valence-corrected chi connectivity index (χ2v) is 11.0. The highest BCUT2D eigenvalue weighted by atomic mass is 32.2. The third-order valence-corrected chi connectivity index (χ3v) is 8.29. The third kappa shape index (κ3) is 5.66. The van der Waals surface area contributed by atoms with Crippen LogP contribution in [0.15, 0.2) is 29.2 Å². The first-order valence-corrected chi connectivity index (χ1v) is 13.0. The van der Waals surface area contributed by atoms with E-state index in [0.717, 1.165) is 22.8 Å². The Labute approximate surface area is 212 Å². The van der Waals surface area contributed by atoms with Gasteiger partial charge >= 0.3 is 12.2 Å². The van der Waals surface area contributed by atoms with Crippen LogP contribution in [0.5, 0.6) is 0 Å². The van der Waals surface area contributed by atoms with Gasteiger partial charge in [-0.05, 0) is 43.2 Å². The number of benzene rings is 1. The molecule has 2 aromatic rings. The van der Waals surface area contributed by atoms with E-state index >= 15 is 0 Å². The number of hydrogen-bond donors (Lipinski definition) is 2. The van der Waals surface area contributed by atoms with E-state index in [2.05, 4.69) is 15.4 Å². The Hall–Kier alpha value is -3.49. The Bertz CT molecular complexity index is 1290. The third-order valence-electron chi connectivity index (χ3n) is 5.33. The van der Waals surface area contributed by atoms with Gasteiger partial charge in [0, 0.05) is 31.1 Å². The summed E-state index contributed by atoms with van der Waals surface area (Å²) in [6.07, 6.45) is -1.14. The van der Waals surface area contributed by atoms with Gasteiger partial charge in [-0.15, -0.1) is 11.3 Å². The molecule has 14 heteroatoms. The highest BCUT2D eigenvalue weighted by molar-refractivity contribution is 7.89. The molecule has 194 valence electrons. The van der Waals surface area contributed by atoms with Crippen molar-refractivity contribution in [3.63, 3.8) is 0 Å². The minimum absolute atomic E-state index is 0.0211. The molecule has 3 rings (SSSR count). The molecule has 0 radical (unpaired) electrons. The van der Waals surface area contributed by atoms with Gasteiger partial charge in [0.15, 0.2) is 0 Å². The number of carbonyl (C=O) groups excluding carboxylic acids is 4. The molecule has 0 fully saturated rings. The van der Waals surface area contributed by atoms with Gasteiger partial charge in [0.05, 0.1) is 30.7 Å². The van der Waals surface area contributed by atoms with Gasteiger partial charge in [0.2, 0.25) is 10.0 Å². The maximum atomic E-state index is 13.0. The van der Waals surface area contributed by atoms with E-state index < -0.39 is 34.0 Å². The van der Waals surface area contributed by atoms with Gasteiger partial charge in [-0.25, -0.2) is 22.3 Å². The van der Waals surface area contributed by atoms with Crippen LogP contribution < -0.4 is 10.6 Å². The van der Waals surface area contributed by atoms with E-state index in [0.29, 0.717) is 16.9 Å². The average Bonchev–Trinajstić information content (AvgIpc) is 3.20. The molecule has 36 heavy (non-hydrogen) atoms. The molecule has 0 saturated heterocycles. The molecule has 0 saturated carbocycles. The van der Waals surface area contributed by atoms with Crippen LogP contribution in [-0.2, 0) is 32.5 Å². The summed E-state index contributed by atoms with van der Waals surface area (Å²) in [6.45, 7) is 2.37. The van der Waals surface area contributed by atoms with Crippen molar-refractivity contribution in [2.24, 2.45) is 0 Å². The molecule has 0 atom stereocenters. The molecular weight excluding hydrogens is 512 g/mol. The van der Waals surface area contributed by atoms with E-state index in [1.165, 1.54) is 43.3 Å². The number of ether oxygens (including phenoxy) is 2. The number of sulfonamides is 1. The first-order chi connectivity index (χ1) is 17.0. The maximum Gasteiger partial charge on any atom is 0.413 e. The Morgan fingerprint density at radius 1 is 1.11 bits per heavy atom. The summed E-state index contributed by atoms with van der Waals surface area (Å²) < 4.78 is 35.2. The van der Waals surface area contributed by atoms with Crippen LogP contribution in [0.3, 0.4) is 0 Å². The van der Waals surface area contributed by atoms with Crippen molar-refractivity contribution in [3.8, 4) is 0 Å². The van der Waals surface area contributed by atoms with E-state index in [1.54, 1.807) is 6.92 Å². The minimum Gasteiger partial charge on any atom is -0.453 e. The summed E-state index contributed by atoms with van der Waals surface area (Å²) in [7, 11) is 0.255. The number of imide groups is 1. The summed E-state index contributed by atoms with van der Waals surface area (Å²) >= 11 is 1.10. The SMILES string of the molecule is CCOC(=O)N1CCc2c(sc(NC(=O)c3ccc(S(=O)(=O)N(C)C)cc3)c2C(=O)NC(=O)OC)C1. The highest BCUT2D eigenvalue weighted by Crippen LogP contribution is 2.37. The number of nitrogens with zero attached hydrogens (tertiary/aromatic N) is 2. The zero-order chi connectivity index (χ0) is 26.6. The van der Waals surface area contributed by atoms with Crippen LogP contribution in [0.2, 0.25) is 0 Å². The zero-order valence-corrected chi connectivity index (χ0v) is 21.7. The fraction of sp³-hybridized carbons (Fsp3) is 0.364. The van der Waals surface area contributed by atoms with Crippen LogP contribution in [0.1, 0.15) is 38.1 Å². The van der Waals surface area contributed by atoms with E-state index in [-0.39, 0.29) is 40.7 Å². The smallest absolute Gasteiger partial charge is 0.413 e. The monoisotopic (exact) mass is 538 g/mol. The van der Waals surface area contributed by atoms with Crippen molar-refractivity contribution in [1.29, 1.82) is 0 Å². The minimum atomic E-state index is -3.66. The van der Waals surface area contributed by atoms with Crippen molar-refractivity contribution < 1.29 is 37.1 Å². The number of thiophene rings is 1. The molecule has 2 heterocycles. The topological polar surface area (TPSA) is 151 Å². The van der Waals surface area contributed by atoms with E-state index in [9.17, 15) is 27.6 Å². The van der Waals surface area contributed by atoms with Crippen molar-refractivity contribution in [3.05, 3.63) is 45.8 Å². The van der Waals surface area contributed by atoms with Crippen LogP contribution in [0.4, 0.5) is 14.6 Å². The highest BCUT2D eigenvalue weighted by Gasteiger charge is 2.31. The summed E-state index contributed by atoms with van der Waals surface area (Å²) in [5.41, 5.74) is 0.861. The Balaban J connectivity index is 1.91. The lowest BCUT2D eigenvalue weighted by molar-refractivity contribution is 0.0936. The number of anilines is 1. The first kappa shape index (κ1) is 27.1. The number of hydrogen-bond acceptors (Lipinski definition) is 9.